The third-order valence-corrected chi connectivity index (χ3v) is 3.77. The van der Waals surface area contributed by atoms with Crippen molar-refractivity contribution in [3.63, 3.8) is 0 Å². The maximum atomic E-state index is 11.2. The Morgan fingerprint density at radius 1 is 0.947 bits per heavy atom. The molecule has 5 heteroatoms. The summed E-state index contributed by atoms with van der Waals surface area (Å²) in [5.41, 5.74) is 14.3. The van der Waals surface area contributed by atoms with Crippen molar-refractivity contribution in [1.82, 2.24) is 0 Å². The van der Waals surface area contributed by atoms with Crippen LogP contribution in [0.1, 0.15) is 71.6 Å². The number of carboxylic acids is 1. The molecular weight excluding hydrogens is 242 g/mol. The first kappa shape index (κ1) is 18.4. The van der Waals surface area contributed by atoms with Gasteiger partial charge in [-0.05, 0) is 13.3 Å². The Kier molecular flexibility index (Phi) is 8.22. The van der Waals surface area contributed by atoms with Crippen LogP contribution >= 0.6 is 0 Å². The van der Waals surface area contributed by atoms with Gasteiger partial charge in [-0.15, -0.1) is 0 Å². The van der Waals surface area contributed by atoms with E-state index in [0.717, 1.165) is 19.3 Å². The van der Waals surface area contributed by atoms with Crippen molar-refractivity contribution in [3.8, 4) is 0 Å². The largest absolute Gasteiger partial charge is 0.480 e. The van der Waals surface area contributed by atoms with E-state index in [0.29, 0.717) is 6.42 Å². The molecule has 0 aromatic heterocycles. The van der Waals surface area contributed by atoms with Crippen LogP contribution in [-0.4, -0.2) is 22.3 Å². The van der Waals surface area contributed by atoms with Crippen molar-refractivity contribution in [1.29, 1.82) is 0 Å². The zero-order chi connectivity index (χ0) is 14.9. The molecule has 0 saturated heterocycles. The van der Waals surface area contributed by atoms with Crippen molar-refractivity contribution in [2.45, 2.75) is 82.8 Å². The van der Waals surface area contributed by atoms with Crippen LogP contribution in [0.3, 0.4) is 0 Å². The van der Waals surface area contributed by atoms with Crippen LogP contribution in [0.2, 0.25) is 0 Å². The van der Waals surface area contributed by atoms with Crippen LogP contribution in [0.25, 0.3) is 0 Å². The Morgan fingerprint density at radius 2 is 1.37 bits per heavy atom. The van der Waals surface area contributed by atoms with E-state index >= 15 is 0 Å². The van der Waals surface area contributed by atoms with Crippen molar-refractivity contribution >= 4 is 5.97 Å². The summed E-state index contributed by atoms with van der Waals surface area (Å²) in [6, 6.07) is 0. The molecule has 114 valence electrons. The van der Waals surface area contributed by atoms with Gasteiger partial charge in [-0.25, -0.2) is 0 Å². The van der Waals surface area contributed by atoms with Crippen molar-refractivity contribution < 1.29 is 9.90 Å². The lowest BCUT2D eigenvalue weighted by Crippen LogP contribution is -2.73. The summed E-state index contributed by atoms with van der Waals surface area (Å²) in [6.07, 6.45) is 9.46. The molecule has 7 N–H and O–H groups in total. The number of aliphatic carboxylic acids is 1. The maximum Gasteiger partial charge on any atom is 0.327 e. The zero-order valence-electron chi connectivity index (χ0n) is 12.5. The lowest BCUT2D eigenvalue weighted by molar-refractivity contribution is -0.146. The summed E-state index contributed by atoms with van der Waals surface area (Å²) in [6.45, 7) is 3.66. The molecule has 1 unspecified atom stereocenters. The second-order valence-electron chi connectivity index (χ2n) is 5.78. The van der Waals surface area contributed by atoms with Crippen molar-refractivity contribution in [2.75, 3.05) is 0 Å². The minimum Gasteiger partial charge on any atom is -0.480 e. The number of hydrogen-bond acceptors (Lipinski definition) is 4. The molecule has 0 heterocycles. The summed E-state index contributed by atoms with van der Waals surface area (Å²) in [5, 5.41) is 9.18. The van der Waals surface area contributed by atoms with E-state index in [4.69, 9.17) is 17.2 Å². The lowest BCUT2D eigenvalue weighted by atomic mass is 9.82. The minimum atomic E-state index is -1.55. The number of carbonyl (C=O) groups is 1. The Hall–Kier alpha value is -0.650. The molecule has 0 spiro atoms. The molecular formula is C14H31N3O2. The summed E-state index contributed by atoms with van der Waals surface area (Å²) < 4.78 is 0. The van der Waals surface area contributed by atoms with E-state index in [9.17, 15) is 9.90 Å². The third kappa shape index (κ3) is 6.36. The van der Waals surface area contributed by atoms with Crippen LogP contribution in [0.4, 0.5) is 0 Å². The maximum absolute atomic E-state index is 11.2. The van der Waals surface area contributed by atoms with Gasteiger partial charge < -0.3 is 22.3 Å². The number of nitrogens with two attached hydrogens (primary N) is 3. The standard InChI is InChI=1S/C14H31N3O2/c1-3-4-5-6-7-8-9-10-11-14(17,12(18)19)13(2,15)16/h3-11,15-17H2,1-2H3,(H,18,19). The lowest BCUT2D eigenvalue weighted by Gasteiger charge is -2.37. The number of rotatable bonds is 11. The van der Waals surface area contributed by atoms with Gasteiger partial charge in [0, 0.05) is 0 Å². The third-order valence-electron chi connectivity index (χ3n) is 3.77. The average Bonchev–Trinajstić information content (AvgIpc) is 2.30. The highest BCUT2D eigenvalue weighted by atomic mass is 16.4. The first-order valence-electron chi connectivity index (χ1n) is 7.35. The first-order chi connectivity index (χ1) is 8.75. The summed E-state index contributed by atoms with van der Waals surface area (Å²) >= 11 is 0. The molecule has 1 atom stereocenters. The molecule has 0 aliphatic carbocycles. The van der Waals surface area contributed by atoms with Gasteiger partial charge in [0.1, 0.15) is 5.54 Å². The van der Waals surface area contributed by atoms with Gasteiger partial charge >= 0.3 is 5.97 Å². The predicted molar refractivity (Wildman–Crippen MR) is 78.6 cm³/mol. The number of hydrogen-bond donors (Lipinski definition) is 4. The monoisotopic (exact) mass is 273 g/mol. The van der Waals surface area contributed by atoms with Crippen LogP contribution < -0.4 is 17.2 Å². The highest BCUT2D eigenvalue weighted by molar-refractivity contribution is 5.80. The quantitative estimate of drug-likeness (QED) is 0.339. The predicted octanol–water partition coefficient (Wildman–Crippen LogP) is 1.93. The second kappa shape index (κ2) is 8.51. The Balaban J connectivity index is 3.88. The molecule has 0 amide bonds. The fourth-order valence-corrected chi connectivity index (χ4v) is 2.14. The molecule has 0 rings (SSSR count). The van der Waals surface area contributed by atoms with Gasteiger partial charge in [0.2, 0.25) is 0 Å². The normalized spacial score (nSPS) is 15.2. The van der Waals surface area contributed by atoms with Gasteiger partial charge in [0.05, 0.1) is 5.66 Å². The first-order valence-corrected chi connectivity index (χ1v) is 7.35. The van der Waals surface area contributed by atoms with Crippen LogP contribution in [0.15, 0.2) is 0 Å². The summed E-state index contributed by atoms with van der Waals surface area (Å²) in [7, 11) is 0. The Morgan fingerprint density at radius 3 is 1.74 bits per heavy atom. The van der Waals surface area contributed by atoms with Gasteiger partial charge in [0.25, 0.3) is 0 Å². The Labute approximate surface area is 116 Å². The van der Waals surface area contributed by atoms with E-state index in [1.54, 1.807) is 0 Å². The molecule has 0 aromatic rings. The molecule has 19 heavy (non-hydrogen) atoms. The smallest absolute Gasteiger partial charge is 0.327 e. The van der Waals surface area contributed by atoms with Gasteiger partial charge in [0.15, 0.2) is 0 Å². The van der Waals surface area contributed by atoms with E-state index in [2.05, 4.69) is 6.92 Å². The van der Waals surface area contributed by atoms with Gasteiger partial charge in [-0.2, -0.15) is 0 Å². The van der Waals surface area contributed by atoms with E-state index in [-0.39, 0.29) is 0 Å². The highest BCUT2D eigenvalue weighted by Crippen LogP contribution is 2.21. The molecule has 5 nitrogen and oxygen atoms in total. The van der Waals surface area contributed by atoms with Crippen LogP contribution in [0, 0.1) is 0 Å². The molecule has 0 aliphatic heterocycles. The molecule has 0 saturated carbocycles. The van der Waals surface area contributed by atoms with Crippen LogP contribution in [-0.2, 0) is 4.79 Å². The van der Waals surface area contributed by atoms with Crippen LogP contribution in [0.5, 0.6) is 0 Å². The average molecular weight is 273 g/mol. The van der Waals surface area contributed by atoms with E-state index in [1.807, 2.05) is 0 Å². The Bertz CT molecular complexity index is 264. The molecule has 0 aromatic carbocycles. The SMILES string of the molecule is CCCCCCCCCCC(N)(C(=O)O)C(C)(N)N. The van der Waals surface area contributed by atoms with E-state index in [1.165, 1.54) is 39.0 Å². The van der Waals surface area contributed by atoms with Crippen molar-refractivity contribution in [2.24, 2.45) is 17.2 Å². The molecule has 0 radical (unpaired) electrons. The second-order valence-corrected chi connectivity index (χ2v) is 5.78. The van der Waals surface area contributed by atoms with Gasteiger partial charge in [-0.3, -0.25) is 4.79 Å². The molecule has 0 aliphatic rings. The van der Waals surface area contributed by atoms with Gasteiger partial charge in [-0.1, -0.05) is 58.3 Å². The fraction of sp³-hybridized carbons (Fsp3) is 0.929. The number of unbranched alkanes of at least 4 members (excludes halogenated alkanes) is 7. The van der Waals surface area contributed by atoms with Crippen molar-refractivity contribution in [3.05, 3.63) is 0 Å². The number of carboxylic acid groups (broad SMARTS) is 1. The van der Waals surface area contributed by atoms with E-state index < -0.39 is 17.2 Å². The summed E-state index contributed by atoms with van der Waals surface area (Å²) in [4.78, 5) is 11.2. The highest BCUT2D eigenvalue weighted by Gasteiger charge is 2.46. The topological polar surface area (TPSA) is 115 Å². The molecule has 0 bridgehead atoms. The fourth-order valence-electron chi connectivity index (χ4n) is 2.14. The minimum absolute atomic E-state index is 0.320. The molecule has 0 fully saturated rings. The zero-order valence-corrected chi connectivity index (χ0v) is 12.5. The summed E-state index contributed by atoms with van der Waals surface area (Å²) in [5.74, 6) is -1.12.